The largest absolute Gasteiger partial charge is 0.354 e. The van der Waals surface area contributed by atoms with Crippen molar-refractivity contribution in [2.45, 2.75) is 65.5 Å². The van der Waals surface area contributed by atoms with Gasteiger partial charge in [0, 0.05) is 31.7 Å². The molecule has 5 heteroatoms. The van der Waals surface area contributed by atoms with Gasteiger partial charge in [0.1, 0.15) is 0 Å². The monoisotopic (exact) mass is 346 g/mol. The highest BCUT2D eigenvalue weighted by Crippen LogP contribution is 2.06. The molecule has 1 aromatic carbocycles. The molecule has 5 nitrogen and oxygen atoms in total. The summed E-state index contributed by atoms with van der Waals surface area (Å²) in [6, 6.07) is 8.06. The molecule has 0 aliphatic carbocycles. The average Bonchev–Trinajstić information content (AvgIpc) is 2.62. The maximum Gasteiger partial charge on any atom is 0.251 e. The molecule has 1 aromatic rings. The van der Waals surface area contributed by atoms with E-state index in [-0.39, 0.29) is 5.91 Å². The molecule has 0 bridgehead atoms. The summed E-state index contributed by atoms with van der Waals surface area (Å²) in [7, 11) is 1.78. The zero-order chi connectivity index (χ0) is 18.5. The molecule has 0 saturated carbocycles. The standard InChI is InChI=1S/C20H34N4O/c1-5-7-8-9-11-16(3)24-20(21-4)23-15-17-12-10-13-18(14-17)19(25)22-6-2/h10,12-14,16H,5-9,11,15H2,1-4H3,(H,22,25)(H2,21,23,24). The maximum absolute atomic E-state index is 11.9. The smallest absolute Gasteiger partial charge is 0.251 e. The first-order valence-corrected chi connectivity index (χ1v) is 9.45. The van der Waals surface area contributed by atoms with E-state index in [1.165, 1.54) is 25.7 Å². The minimum atomic E-state index is -0.0347. The fourth-order valence-electron chi connectivity index (χ4n) is 2.65. The summed E-state index contributed by atoms with van der Waals surface area (Å²) in [5.74, 6) is 0.763. The molecule has 0 aliphatic heterocycles. The summed E-state index contributed by atoms with van der Waals surface area (Å²) in [6.07, 6.45) is 6.25. The molecule has 140 valence electrons. The molecule has 0 heterocycles. The summed E-state index contributed by atoms with van der Waals surface area (Å²) in [5.41, 5.74) is 1.75. The van der Waals surface area contributed by atoms with Crippen LogP contribution in [0.2, 0.25) is 0 Å². The molecule has 1 unspecified atom stereocenters. The highest BCUT2D eigenvalue weighted by molar-refractivity contribution is 5.94. The Balaban J connectivity index is 2.46. The average molecular weight is 347 g/mol. The quantitative estimate of drug-likeness (QED) is 0.345. The first-order valence-electron chi connectivity index (χ1n) is 9.45. The SMILES string of the molecule is CCCCCCC(C)NC(=NC)NCc1cccc(C(=O)NCC)c1. The van der Waals surface area contributed by atoms with Crippen LogP contribution in [0.5, 0.6) is 0 Å². The van der Waals surface area contributed by atoms with Crippen LogP contribution >= 0.6 is 0 Å². The Morgan fingerprint density at radius 2 is 1.96 bits per heavy atom. The third-order valence-electron chi connectivity index (χ3n) is 4.08. The van der Waals surface area contributed by atoms with E-state index in [9.17, 15) is 4.79 Å². The normalized spacial score (nSPS) is 12.6. The molecule has 1 atom stereocenters. The number of carbonyl (C=O) groups is 1. The Morgan fingerprint density at radius 1 is 1.16 bits per heavy atom. The van der Waals surface area contributed by atoms with Crippen LogP contribution in [0.25, 0.3) is 0 Å². The third-order valence-corrected chi connectivity index (χ3v) is 4.08. The van der Waals surface area contributed by atoms with Crippen molar-refractivity contribution in [3.05, 3.63) is 35.4 Å². The van der Waals surface area contributed by atoms with Crippen molar-refractivity contribution in [3.8, 4) is 0 Å². The van der Waals surface area contributed by atoms with Crippen LogP contribution in [0, 0.1) is 0 Å². The van der Waals surface area contributed by atoms with Gasteiger partial charge in [-0.1, -0.05) is 44.7 Å². The molecule has 0 spiro atoms. The van der Waals surface area contributed by atoms with Gasteiger partial charge in [-0.2, -0.15) is 0 Å². The van der Waals surface area contributed by atoms with E-state index in [0.717, 1.165) is 17.9 Å². The van der Waals surface area contributed by atoms with E-state index < -0.39 is 0 Å². The number of unbranched alkanes of at least 4 members (excludes halogenated alkanes) is 3. The van der Waals surface area contributed by atoms with Crippen molar-refractivity contribution in [2.75, 3.05) is 13.6 Å². The van der Waals surface area contributed by atoms with Gasteiger partial charge >= 0.3 is 0 Å². The number of rotatable bonds is 10. The molecule has 1 amide bonds. The van der Waals surface area contributed by atoms with Gasteiger partial charge in [-0.15, -0.1) is 0 Å². The lowest BCUT2D eigenvalue weighted by Crippen LogP contribution is -2.41. The van der Waals surface area contributed by atoms with Crippen LogP contribution in [0.1, 0.15) is 68.8 Å². The lowest BCUT2D eigenvalue weighted by molar-refractivity contribution is 0.0955. The predicted octanol–water partition coefficient (Wildman–Crippen LogP) is 3.46. The van der Waals surface area contributed by atoms with E-state index in [0.29, 0.717) is 24.7 Å². The Hall–Kier alpha value is -2.04. The number of carbonyl (C=O) groups excluding carboxylic acids is 1. The molecule has 0 saturated heterocycles. The summed E-state index contributed by atoms with van der Waals surface area (Å²) < 4.78 is 0. The molecule has 0 fully saturated rings. The van der Waals surface area contributed by atoms with Gasteiger partial charge in [0.25, 0.3) is 5.91 Å². The molecule has 3 N–H and O–H groups in total. The van der Waals surface area contributed by atoms with Gasteiger partial charge in [-0.3, -0.25) is 9.79 Å². The summed E-state index contributed by atoms with van der Waals surface area (Å²) in [4.78, 5) is 16.2. The van der Waals surface area contributed by atoms with Gasteiger partial charge in [0.15, 0.2) is 5.96 Å². The second-order valence-electron chi connectivity index (χ2n) is 6.38. The first-order chi connectivity index (χ1) is 12.1. The number of aliphatic imine (C=N–C) groups is 1. The Labute approximate surface area is 152 Å². The fraction of sp³-hybridized carbons (Fsp3) is 0.600. The minimum Gasteiger partial charge on any atom is -0.354 e. The molecular formula is C20H34N4O. The van der Waals surface area contributed by atoms with Crippen LogP contribution in [0.4, 0.5) is 0 Å². The summed E-state index contributed by atoms with van der Waals surface area (Å²) >= 11 is 0. The predicted molar refractivity (Wildman–Crippen MR) is 106 cm³/mol. The van der Waals surface area contributed by atoms with Crippen molar-refractivity contribution >= 4 is 11.9 Å². The molecule has 1 rings (SSSR count). The van der Waals surface area contributed by atoms with Crippen LogP contribution in [-0.2, 0) is 6.54 Å². The van der Waals surface area contributed by atoms with Crippen LogP contribution < -0.4 is 16.0 Å². The highest BCUT2D eigenvalue weighted by Gasteiger charge is 2.07. The van der Waals surface area contributed by atoms with E-state index in [1.807, 2.05) is 31.2 Å². The van der Waals surface area contributed by atoms with Crippen molar-refractivity contribution in [2.24, 2.45) is 4.99 Å². The molecule has 0 aromatic heterocycles. The van der Waals surface area contributed by atoms with Crippen molar-refractivity contribution in [1.29, 1.82) is 0 Å². The molecular weight excluding hydrogens is 312 g/mol. The van der Waals surface area contributed by atoms with Crippen molar-refractivity contribution < 1.29 is 4.79 Å². The Morgan fingerprint density at radius 3 is 2.64 bits per heavy atom. The second kappa shape index (κ2) is 12.3. The van der Waals surface area contributed by atoms with Crippen molar-refractivity contribution in [3.63, 3.8) is 0 Å². The minimum absolute atomic E-state index is 0.0347. The first kappa shape index (κ1) is 21.0. The third kappa shape index (κ3) is 8.57. The Bertz CT molecular complexity index is 542. The summed E-state index contributed by atoms with van der Waals surface area (Å²) in [5, 5.41) is 9.58. The molecule has 0 radical (unpaired) electrons. The number of amides is 1. The lowest BCUT2D eigenvalue weighted by Gasteiger charge is -2.18. The van der Waals surface area contributed by atoms with Gasteiger partial charge in [-0.25, -0.2) is 0 Å². The van der Waals surface area contributed by atoms with E-state index in [4.69, 9.17) is 0 Å². The number of hydrogen-bond acceptors (Lipinski definition) is 2. The molecule has 0 aliphatic rings. The summed E-state index contributed by atoms with van der Waals surface area (Å²) in [6.45, 7) is 7.61. The number of guanidine groups is 1. The zero-order valence-electron chi connectivity index (χ0n) is 16.2. The number of hydrogen-bond donors (Lipinski definition) is 3. The Kier molecular flexibility index (Phi) is 10.4. The number of nitrogens with one attached hydrogen (secondary N) is 3. The van der Waals surface area contributed by atoms with Gasteiger partial charge in [0.2, 0.25) is 0 Å². The van der Waals surface area contributed by atoms with Crippen LogP contribution in [0.3, 0.4) is 0 Å². The van der Waals surface area contributed by atoms with Gasteiger partial charge < -0.3 is 16.0 Å². The number of benzene rings is 1. The molecule has 25 heavy (non-hydrogen) atoms. The topological polar surface area (TPSA) is 65.5 Å². The van der Waals surface area contributed by atoms with Gasteiger partial charge in [0.05, 0.1) is 0 Å². The van der Waals surface area contributed by atoms with Crippen molar-refractivity contribution in [1.82, 2.24) is 16.0 Å². The second-order valence-corrected chi connectivity index (χ2v) is 6.38. The van der Waals surface area contributed by atoms with Crippen LogP contribution in [0.15, 0.2) is 29.3 Å². The van der Waals surface area contributed by atoms with Crippen LogP contribution in [-0.4, -0.2) is 31.5 Å². The van der Waals surface area contributed by atoms with E-state index >= 15 is 0 Å². The van der Waals surface area contributed by atoms with E-state index in [1.54, 1.807) is 7.05 Å². The van der Waals surface area contributed by atoms with Gasteiger partial charge in [-0.05, 0) is 38.0 Å². The highest BCUT2D eigenvalue weighted by atomic mass is 16.1. The zero-order valence-corrected chi connectivity index (χ0v) is 16.2. The lowest BCUT2D eigenvalue weighted by atomic mass is 10.1. The van der Waals surface area contributed by atoms with E-state index in [2.05, 4.69) is 34.8 Å². The fourth-order valence-corrected chi connectivity index (χ4v) is 2.65. The maximum atomic E-state index is 11.9. The number of nitrogens with zero attached hydrogens (tertiary/aromatic N) is 1.